The van der Waals surface area contributed by atoms with E-state index in [1.165, 1.54) is 19.3 Å². The Hall–Kier alpha value is -0.280. The molecule has 2 fully saturated rings. The van der Waals surface area contributed by atoms with Crippen molar-refractivity contribution in [1.29, 1.82) is 0 Å². The SMILES string of the molecule is CCC1(C(=O)N2CCCC(CCN)C2)CCCC1.Cl. The van der Waals surface area contributed by atoms with Gasteiger partial charge in [0.1, 0.15) is 0 Å². The molecule has 112 valence electrons. The van der Waals surface area contributed by atoms with Gasteiger partial charge < -0.3 is 10.6 Å². The van der Waals surface area contributed by atoms with E-state index in [1.807, 2.05) is 0 Å². The summed E-state index contributed by atoms with van der Waals surface area (Å²) in [6.07, 6.45) is 9.20. The van der Waals surface area contributed by atoms with Gasteiger partial charge in [0, 0.05) is 18.5 Å². The third-order valence-electron chi connectivity index (χ3n) is 5.07. The molecule has 2 N–H and O–H groups in total. The Morgan fingerprint density at radius 1 is 1.32 bits per heavy atom. The highest BCUT2D eigenvalue weighted by Crippen LogP contribution is 2.43. The number of rotatable bonds is 4. The molecule has 0 aromatic rings. The monoisotopic (exact) mass is 288 g/mol. The highest BCUT2D eigenvalue weighted by molar-refractivity contribution is 5.85. The largest absolute Gasteiger partial charge is 0.342 e. The van der Waals surface area contributed by atoms with E-state index in [0.717, 1.165) is 51.7 Å². The summed E-state index contributed by atoms with van der Waals surface area (Å²) in [6.45, 7) is 4.87. The van der Waals surface area contributed by atoms with Crippen molar-refractivity contribution < 1.29 is 4.79 Å². The van der Waals surface area contributed by atoms with Crippen LogP contribution in [0, 0.1) is 11.3 Å². The van der Waals surface area contributed by atoms with Gasteiger partial charge in [0.15, 0.2) is 0 Å². The van der Waals surface area contributed by atoms with Crippen LogP contribution in [-0.4, -0.2) is 30.4 Å². The van der Waals surface area contributed by atoms with Gasteiger partial charge in [-0.25, -0.2) is 0 Å². The number of halogens is 1. The molecule has 0 spiro atoms. The van der Waals surface area contributed by atoms with E-state index < -0.39 is 0 Å². The Bertz CT molecular complexity index is 288. The summed E-state index contributed by atoms with van der Waals surface area (Å²) in [7, 11) is 0. The summed E-state index contributed by atoms with van der Waals surface area (Å²) < 4.78 is 0. The lowest BCUT2D eigenvalue weighted by Gasteiger charge is -2.38. The maximum atomic E-state index is 12.8. The Morgan fingerprint density at radius 2 is 2.00 bits per heavy atom. The zero-order chi connectivity index (χ0) is 13.0. The summed E-state index contributed by atoms with van der Waals surface area (Å²) in [5, 5.41) is 0. The molecule has 1 aliphatic heterocycles. The Labute approximate surface area is 123 Å². The third kappa shape index (κ3) is 3.63. The molecule has 3 nitrogen and oxygen atoms in total. The van der Waals surface area contributed by atoms with Gasteiger partial charge in [0.05, 0.1) is 0 Å². The number of piperidine rings is 1. The number of carbonyl (C=O) groups is 1. The number of likely N-dealkylation sites (tertiary alicyclic amines) is 1. The molecule has 4 heteroatoms. The van der Waals surface area contributed by atoms with E-state index in [4.69, 9.17) is 5.73 Å². The smallest absolute Gasteiger partial charge is 0.228 e. The van der Waals surface area contributed by atoms with E-state index in [1.54, 1.807) is 0 Å². The van der Waals surface area contributed by atoms with Crippen LogP contribution in [0.1, 0.15) is 58.3 Å². The normalized spacial score (nSPS) is 26.0. The molecular weight excluding hydrogens is 260 g/mol. The van der Waals surface area contributed by atoms with Crippen molar-refractivity contribution in [3.63, 3.8) is 0 Å². The molecule has 1 saturated carbocycles. The molecule has 0 aromatic carbocycles. The lowest BCUT2D eigenvalue weighted by Crippen LogP contribution is -2.47. The van der Waals surface area contributed by atoms with Crippen molar-refractivity contribution in [1.82, 2.24) is 4.90 Å². The van der Waals surface area contributed by atoms with Crippen LogP contribution in [0.5, 0.6) is 0 Å². The fraction of sp³-hybridized carbons (Fsp3) is 0.933. The first-order chi connectivity index (χ1) is 8.72. The Kier molecular flexibility index (Phi) is 6.61. The van der Waals surface area contributed by atoms with Crippen LogP contribution in [-0.2, 0) is 4.79 Å². The summed E-state index contributed by atoms with van der Waals surface area (Å²) in [5.74, 6) is 1.09. The molecule has 1 unspecified atom stereocenters. The molecule has 0 bridgehead atoms. The summed E-state index contributed by atoms with van der Waals surface area (Å²) in [5.41, 5.74) is 5.64. The third-order valence-corrected chi connectivity index (χ3v) is 5.07. The minimum absolute atomic E-state index is 0. The quantitative estimate of drug-likeness (QED) is 0.864. The molecule has 1 amide bonds. The highest BCUT2D eigenvalue weighted by atomic mass is 35.5. The van der Waals surface area contributed by atoms with E-state index in [9.17, 15) is 4.79 Å². The van der Waals surface area contributed by atoms with E-state index in [-0.39, 0.29) is 17.8 Å². The van der Waals surface area contributed by atoms with Crippen LogP contribution < -0.4 is 5.73 Å². The lowest BCUT2D eigenvalue weighted by molar-refractivity contribution is -0.144. The number of amides is 1. The number of carbonyl (C=O) groups excluding carboxylic acids is 1. The summed E-state index contributed by atoms with van der Waals surface area (Å²) >= 11 is 0. The second kappa shape index (κ2) is 7.49. The molecule has 0 aromatic heterocycles. The first-order valence-corrected chi connectivity index (χ1v) is 7.71. The Morgan fingerprint density at radius 3 is 2.58 bits per heavy atom. The van der Waals surface area contributed by atoms with Gasteiger partial charge in [0.25, 0.3) is 0 Å². The standard InChI is InChI=1S/C15H28N2O.ClH/c1-2-15(8-3-4-9-15)14(18)17-11-5-6-13(12-17)7-10-16;/h13H,2-12,16H2,1H3;1H. The van der Waals surface area contributed by atoms with Crippen molar-refractivity contribution in [2.45, 2.75) is 58.3 Å². The van der Waals surface area contributed by atoms with Gasteiger partial charge >= 0.3 is 0 Å². The maximum absolute atomic E-state index is 12.8. The van der Waals surface area contributed by atoms with E-state index in [2.05, 4.69) is 11.8 Å². The topological polar surface area (TPSA) is 46.3 Å². The van der Waals surface area contributed by atoms with Crippen molar-refractivity contribution >= 4 is 18.3 Å². The van der Waals surface area contributed by atoms with Gasteiger partial charge in [-0.2, -0.15) is 0 Å². The van der Waals surface area contributed by atoms with Crippen molar-refractivity contribution in [3.05, 3.63) is 0 Å². The highest BCUT2D eigenvalue weighted by Gasteiger charge is 2.42. The van der Waals surface area contributed by atoms with Gasteiger partial charge in [0.2, 0.25) is 5.91 Å². The number of nitrogens with zero attached hydrogens (tertiary/aromatic N) is 1. The molecular formula is C15H29ClN2O. The average Bonchev–Trinajstić information content (AvgIpc) is 2.88. The molecule has 1 atom stereocenters. The van der Waals surface area contributed by atoms with Gasteiger partial charge in [-0.3, -0.25) is 4.79 Å². The summed E-state index contributed by atoms with van der Waals surface area (Å²) in [6, 6.07) is 0. The minimum atomic E-state index is -0.00932. The summed E-state index contributed by atoms with van der Waals surface area (Å²) in [4.78, 5) is 14.9. The number of hydrogen-bond donors (Lipinski definition) is 1. The van der Waals surface area contributed by atoms with E-state index >= 15 is 0 Å². The van der Waals surface area contributed by atoms with Crippen LogP contribution in [0.4, 0.5) is 0 Å². The number of nitrogens with two attached hydrogens (primary N) is 1. The Balaban J connectivity index is 0.00000180. The zero-order valence-corrected chi connectivity index (χ0v) is 13.0. The fourth-order valence-corrected chi connectivity index (χ4v) is 3.83. The molecule has 1 saturated heterocycles. The maximum Gasteiger partial charge on any atom is 0.228 e. The van der Waals surface area contributed by atoms with E-state index in [0.29, 0.717) is 11.8 Å². The first kappa shape index (κ1) is 16.8. The zero-order valence-electron chi connectivity index (χ0n) is 12.2. The first-order valence-electron chi connectivity index (χ1n) is 7.71. The van der Waals surface area contributed by atoms with Crippen LogP contribution in [0.25, 0.3) is 0 Å². The average molecular weight is 289 g/mol. The minimum Gasteiger partial charge on any atom is -0.342 e. The van der Waals surface area contributed by atoms with Crippen LogP contribution in [0.2, 0.25) is 0 Å². The van der Waals surface area contributed by atoms with Crippen LogP contribution in [0.15, 0.2) is 0 Å². The predicted octanol–water partition coefficient (Wildman–Crippen LogP) is 2.97. The van der Waals surface area contributed by atoms with Crippen LogP contribution in [0.3, 0.4) is 0 Å². The van der Waals surface area contributed by atoms with Crippen molar-refractivity contribution in [2.75, 3.05) is 19.6 Å². The molecule has 0 radical (unpaired) electrons. The van der Waals surface area contributed by atoms with Crippen molar-refractivity contribution in [2.24, 2.45) is 17.1 Å². The van der Waals surface area contributed by atoms with Gasteiger partial charge in [-0.05, 0) is 51.0 Å². The molecule has 1 heterocycles. The molecule has 19 heavy (non-hydrogen) atoms. The van der Waals surface area contributed by atoms with Crippen LogP contribution >= 0.6 is 12.4 Å². The second-order valence-corrected chi connectivity index (χ2v) is 6.18. The van der Waals surface area contributed by atoms with Gasteiger partial charge in [-0.1, -0.05) is 19.8 Å². The van der Waals surface area contributed by atoms with Crippen molar-refractivity contribution in [3.8, 4) is 0 Å². The predicted molar refractivity (Wildman–Crippen MR) is 81.4 cm³/mol. The molecule has 2 aliphatic rings. The molecule has 2 rings (SSSR count). The second-order valence-electron chi connectivity index (χ2n) is 6.18. The van der Waals surface area contributed by atoms with Gasteiger partial charge in [-0.15, -0.1) is 12.4 Å². The number of hydrogen-bond acceptors (Lipinski definition) is 2. The lowest BCUT2D eigenvalue weighted by atomic mass is 9.81. The fourth-order valence-electron chi connectivity index (χ4n) is 3.83. The molecule has 1 aliphatic carbocycles.